The van der Waals surface area contributed by atoms with Crippen molar-refractivity contribution in [1.82, 2.24) is 0 Å². The fourth-order valence-electron chi connectivity index (χ4n) is 6.43. The van der Waals surface area contributed by atoms with E-state index in [1.54, 1.807) is 0 Å². The van der Waals surface area contributed by atoms with Gasteiger partial charge < -0.3 is 5.32 Å². The zero-order valence-corrected chi connectivity index (χ0v) is 19.6. The first-order chi connectivity index (χ1) is 17.2. The van der Waals surface area contributed by atoms with E-state index in [9.17, 15) is 0 Å². The molecule has 0 saturated heterocycles. The molecule has 1 spiro atoms. The van der Waals surface area contributed by atoms with Crippen LogP contribution in [-0.2, 0) is 5.41 Å². The number of anilines is 2. The summed E-state index contributed by atoms with van der Waals surface area (Å²) in [5.41, 5.74) is 9.52. The van der Waals surface area contributed by atoms with E-state index < -0.39 is 5.41 Å². The van der Waals surface area contributed by atoms with Gasteiger partial charge in [0.25, 0.3) is 0 Å². The van der Waals surface area contributed by atoms with Gasteiger partial charge in [-0.05, 0) is 91.3 Å². The molecule has 0 radical (unpaired) electrons. The lowest BCUT2D eigenvalue weighted by Gasteiger charge is -2.41. The molecule has 2 aliphatic rings. The van der Waals surface area contributed by atoms with Crippen molar-refractivity contribution in [2.24, 2.45) is 0 Å². The van der Waals surface area contributed by atoms with Crippen LogP contribution in [0.3, 0.4) is 0 Å². The quantitative estimate of drug-likeness (QED) is 0.235. The van der Waals surface area contributed by atoms with Gasteiger partial charge in [-0.1, -0.05) is 90.5 Å². The maximum atomic E-state index is 6.56. The van der Waals surface area contributed by atoms with Crippen LogP contribution in [-0.4, -0.2) is 0 Å². The highest BCUT2D eigenvalue weighted by Gasteiger charge is 2.50. The van der Waals surface area contributed by atoms with Gasteiger partial charge in [0.1, 0.15) is 0 Å². The maximum absolute atomic E-state index is 6.56. The standard InChI is InChI=1S/C33H20ClN/c34-24-13-14-28-26(19-24)25-11-5-6-12-27(25)33(28)29-15-20-7-1-3-9-22(20)17-31(29)35-32-18-23-10-4-2-8-21(23)16-30(32)33/h1-19,35H. The predicted octanol–water partition coefficient (Wildman–Crippen LogP) is 9.07. The molecule has 164 valence electrons. The number of hydrogen-bond acceptors (Lipinski definition) is 1. The van der Waals surface area contributed by atoms with Crippen LogP contribution in [0, 0.1) is 0 Å². The van der Waals surface area contributed by atoms with Crippen LogP contribution in [0.15, 0.2) is 115 Å². The summed E-state index contributed by atoms with van der Waals surface area (Å²) in [4.78, 5) is 0. The molecular formula is C33H20ClN. The van der Waals surface area contributed by atoms with Gasteiger partial charge in [-0.25, -0.2) is 0 Å². The van der Waals surface area contributed by atoms with E-state index in [0.29, 0.717) is 0 Å². The molecule has 1 heterocycles. The Morgan fingerprint density at radius 2 is 0.971 bits per heavy atom. The largest absolute Gasteiger partial charge is 0.355 e. The number of nitrogens with one attached hydrogen (secondary N) is 1. The zero-order chi connectivity index (χ0) is 23.1. The van der Waals surface area contributed by atoms with Crippen LogP contribution in [0.2, 0.25) is 5.02 Å². The zero-order valence-electron chi connectivity index (χ0n) is 18.8. The molecule has 0 fully saturated rings. The Kier molecular flexibility index (Phi) is 3.71. The minimum Gasteiger partial charge on any atom is -0.355 e. The Labute approximate surface area is 208 Å². The monoisotopic (exact) mass is 465 g/mol. The Balaban J connectivity index is 1.60. The molecule has 1 aliphatic carbocycles. The lowest BCUT2D eigenvalue weighted by atomic mass is 9.64. The summed E-state index contributed by atoms with van der Waals surface area (Å²) in [5, 5.41) is 9.56. The van der Waals surface area contributed by atoms with Gasteiger partial charge >= 0.3 is 0 Å². The molecule has 0 atom stereocenters. The maximum Gasteiger partial charge on any atom is 0.0754 e. The normalized spacial score (nSPS) is 14.3. The van der Waals surface area contributed by atoms with Crippen molar-refractivity contribution in [2.75, 3.05) is 5.32 Å². The first-order valence-electron chi connectivity index (χ1n) is 12.0. The lowest BCUT2D eigenvalue weighted by molar-refractivity contribution is 0.766. The van der Waals surface area contributed by atoms with Crippen LogP contribution in [0.1, 0.15) is 22.3 Å². The molecule has 8 rings (SSSR count). The van der Waals surface area contributed by atoms with Gasteiger partial charge in [0.15, 0.2) is 0 Å². The van der Waals surface area contributed by atoms with Gasteiger partial charge in [0, 0.05) is 16.4 Å². The highest BCUT2D eigenvalue weighted by atomic mass is 35.5. The van der Waals surface area contributed by atoms with E-state index >= 15 is 0 Å². The number of rotatable bonds is 0. The third kappa shape index (κ3) is 2.43. The molecular weight excluding hydrogens is 446 g/mol. The molecule has 35 heavy (non-hydrogen) atoms. The first-order valence-corrected chi connectivity index (χ1v) is 12.3. The molecule has 1 nitrogen and oxygen atoms in total. The molecule has 0 aromatic heterocycles. The highest BCUT2D eigenvalue weighted by molar-refractivity contribution is 6.31. The number of benzene rings is 6. The minimum absolute atomic E-state index is 0.430. The predicted molar refractivity (Wildman–Crippen MR) is 147 cm³/mol. The Morgan fingerprint density at radius 3 is 1.60 bits per heavy atom. The van der Waals surface area contributed by atoms with Crippen molar-refractivity contribution >= 4 is 44.5 Å². The minimum atomic E-state index is -0.430. The van der Waals surface area contributed by atoms with E-state index in [0.717, 1.165) is 16.4 Å². The topological polar surface area (TPSA) is 12.0 Å². The molecule has 0 amide bonds. The molecule has 1 N–H and O–H groups in total. The summed E-state index contributed by atoms with van der Waals surface area (Å²) < 4.78 is 0. The van der Waals surface area contributed by atoms with Crippen molar-refractivity contribution in [1.29, 1.82) is 0 Å². The summed E-state index contributed by atoms with van der Waals surface area (Å²) in [6.45, 7) is 0. The summed E-state index contributed by atoms with van der Waals surface area (Å²) in [6, 6.07) is 41.9. The summed E-state index contributed by atoms with van der Waals surface area (Å²) in [5.74, 6) is 0. The third-order valence-corrected chi connectivity index (χ3v) is 8.09. The van der Waals surface area contributed by atoms with E-state index in [-0.39, 0.29) is 0 Å². The average molecular weight is 466 g/mol. The molecule has 6 aromatic carbocycles. The SMILES string of the molecule is Clc1ccc2c(c1)-c1ccccc1C21c2cc3ccccc3cc2Nc2cc3ccccc3cc21. The fraction of sp³-hybridized carbons (Fsp3) is 0.0303. The Morgan fingerprint density at radius 1 is 0.457 bits per heavy atom. The lowest BCUT2D eigenvalue weighted by Crippen LogP contribution is -2.33. The number of halogens is 1. The Hall–Kier alpha value is -4.07. The molecule has 1 aliphatic heterocycles. The van der Waals surface area contributed by atoms with Crippen LogP contribution < -0.4 is 5.32 Å². The van der Waals surface area contributed by atoms with Crippen molar-refractivity contribution < 1.29 is 0 Å². The average Bonchev–Trinajstić information content (AvgIpc) is 3.17. The summed E-state index contributed by atoms with van der Waals surface area (Å²) in [6.07, 6.45) is 0. The Bertz CT molecular complexity index is 1760. The number of fused-ring (bicyclic) bond motifs is 11. The van der Waals surface area contributed by atoms with Crippen molar-refractivity contribution in [3.8, 4) is 11.1 Å². The molecule has 0 unspecified atom stereocenters. The molecule has 2 heteroatoms. The molecule has 6 aromatic rings. The summed E-state index contributed by atoms with van der Waals surface area (Å²) >= 11 is 6.56. The smallest absolute Gasteiger partial charge is 0.0754 e. The second-order valence-electron chi connectivity index (χ2n) is 9.60. The first kappa shape index (κ1) is 19.3. The van der Waals surface area contributed by atoms with Crippen molar-refractivity contribution in [3.63, 3.8) is 0 Å². The van der Waals surface area contributed by atoms with E-state index in [1.807, 2.05) is 6.07 Å². The van der Waals surface area contributed by atoms with Crippen LogP contribution in [0.25, 0.3) is 32.7 Å². The molecule has 0 bridgehead atoms. The van der Waals surface area contributed by atoms with Crippen LogP contribution >= 0.6 is 11.6 Å². The molecule has 0 saturated carbocycles. The van der Waals surface area contributed by atoms with E-state index in [1.165, 1.54) is 54.9 Å². The van der Waals surface area contributed by atoms with E-state index in [4.69, 9.17) is 11.6 Å². The van der Waals surface area contributed by atoms with Crippen LogP contribution in [0.5, 0.6) is 0 Å². The van der Waals surface area contributed by atoms with Crippen molar-refractivity contribution in [2.45, 2.75) is 5.41 Å². The van der Waals surface area contributed by atoms with Gasteiger partial charge in [0.2, 0.25) is 0 Å². The fourth-order valence-corrected chi connectivity index (χ4v) is 6.61. The number of hydrogen-bond donors (Lipinski definition) is 1. The van der Waals surface area contributed by atoms with Gasteiger partial charge in [-0.3, -0.25) is 0 Å². The van der Waals surface area contributed by atoms with Gasteiger partial charge in [-0.15, -0.1) is 0 Å². The third-order valence-electron chi connectivity index (χ3n) is 7.86. The highest BCUT2D eigenvalue weighted by Crippen LogP contribution is 2.62. The van der Waals surface area contributed by atoms with Gasteiger partial charge in [-0.2, -0.15) is 0 Å². The van der Waals surface area contributed by atoms with Crippen LogP contribution in [0.4, 0.5) is 11.4 Å². The van der Waals surface area contributed by atoms with Gasteiger partial charge in [0.05, 0.1) is 5.41 Å². The van der Waals surface area contributed by atoms with Crippen molar-refractivity contribution in [3.05, 3.63) is 143 Å². The second kappa shape index (κ2) is 6.75. The summed E-state index contributed by atoms with van der Waals surface area (Å²) in [7, 11) is 0. The van der Waals surface area contributed by atoms with E-state index in [2.05, 4.69) is 115 Å². The second-order valence-corrected chi connectivity index (χ2v) is 10.0.